The van der Waals surface area contributed by atoms with Crippen molar-refractivity contribution in [3.05, 3.63) is 23.9 Å². The number of morpholine rings is 1. The molecule has 3 rings (SSSR count). The molecule has 2 unspecified atom stereocenters. The molecule has 2 fully saturated rings. The maximum Gasteiger partial charge on any atom is 0.191 e. The van der Waals surface area contributed by atoms with E-state index in [1.54, 1.807) is 0 Å². The van der Waals surface area contributed by atoms with Crippen LogP contribution in [-0.4, -0.2) is 73.9 Å². The van der Waals surface area contributed by atoms with Gasteiger partial charge in [-0.3, -0.25) is 0 Å². The van der Waals surface area contributed by atoms with Gasteiger partial charge in [-0.05, 0) is 64.3 Å². The topological polar surface area (TPSA) is 65.0 Å². The predicted octanol–water partition coefficient (Wildman–Crippen LogP) is 2.63. The molecule has 0 aliphatic carbocycles. The molecule has 0 radical (unpaired) electrons. The summed E-state index contributed by atoms with van der Waals surface area (Å²) in [7, 11) is 0. The molecule has 2 N–H and O–H groups in total. The van der Waals surface area contributed by atoms with Crippen molar-refractivity contribution in [3.8, 4) is 0 Å². The van der Waals surface area contributed by atoms with Crippen molar-refractivity contribution >= 4 is 11.8 Å². The van der Waals surface area contributed by atoms with Gasteiger partial charge in [-0.25, -0.2) is 9.98 Å². The van der Waals surface area contributed by atoms with E-state index < -0.39 is 0 Å². The molecule has 30 heavy (non-hydrogen) atoms. The lowest BCUT2D eigenvalue weighted by Crippen LogP contribution is -2.41. The third kappa shape index (κ3) is 7.13. The Morgan fingerprint density at radius 3 is 2.97 bits per heavy atom. The van der Waals surface area contributed by atoms with Crippen LogP contribution >= 0.6 is 0 Å². The molecule has 2 aliphatic rings. The molecule has 168 valence electrons. The van der Waals surface area contributed by atoms with E-state index in [2.05, 4.69) is 58.3 Å². The largest absolute Gasteiger partial charge is 0.375 e. The number of nitrogens with one attached hydrogen (secondary N) is 2. The van der Waals surface area contributed by atoms with Gasteiger partial charge in [0.1, 0.15) is 5.82 Å². The summed E-state index contributed by atoms with van der Waals surface area (Å²) in [6.45, 7) is 14.0. The smallest absolute Gasteiger partial charge is 0.191 e. The van der Waals surface area contributed by atoms with Gasteiger partial charge in [0.25, 0.3) is 0 Å². The van der Waals surface area contributed by atoms with Crippen LogP contribution in [0.25, 0.3) is 0 Å². The lowest BCUT2D eigenvalue weighted by Gasteiger charge is -2.33. The molecule has 7 nitrogen and oxygen atoms in total. The third-order valence-corrected chi connectivity index (χ3v) is 5.99. The van der Waals surface area contributed by atoms with E-state index in [9.17, 15) is 0 Å². The minimum atomic E-state index is 0.250. The van der Waals surface area contributed by atoms with Gasteiger partial charge < -0.3 is 25.2 Å². The fourth-order valence-electron chi connectivity index (χ4n) is 4.25. The van der Waals surface area contributed by atoms with Crippen molar-refractivity contribution in [3.63, 3.8) is 0 Å². The number of guanidine groups is 1. The summed E-state index contributed by atoms with van der Waals surface area (Å²) >= 11 is 0. The van der Waals surface area contributed by atoms with E-state index in [1.807, 2.05) is 6.20 Å². The first-order chi connectivity index (χ1) is 14.7. The number of rotatable bonds is 8. The highest BCUT2D eigenvalue weighted by Gasteiger charge is 2.18. The van der Waals surface area contributed by atoms with Crippen molar-refractivity contribution in [2.45, 2.75) is 65.1 Å². The molecular formula is C23H40N6O. The Morgan fingerprint density at radius 1 is 1.27 bits per heavy atom. The first-order valence-electron chi connectivity index (χ1n) is 11.7. The van der Waals surface area contributed by atoms with Gasteiger partial charge in [-0.15, -0.1) is 0 Å². The van der Waals surface area contributed by atoms with Crippen LogP contribution in [0.4, 0.5) is 5.82 Å². The maximum absolute atomic E-state index is 5.65. The van der Waals surface area contributed by atoms with Gasteiger partial charge in [-0.1, -0.05) is 6.42 Å². The Labute approximate surface area is 182 Å². The number of hydrogen-bond donors (Lipinski definition) is 2. The Bertz CT molecular complexity index is 667. The van der Waals surface area contributed by atoms with Crippen molar-refractivity contribution in [1.82, 2.24) is 20.5 Å². The summed E-state index contributed by atoms with van der Waals surface area (Å²) in [5.74, 6) is 1.91. The minimum absolute atomic E-state index is 0.250. The van der Waals surface area contributed by atoms with Crippen LogP contribution in [0.2, 0.25) is 0 Å². The zero-order valence-corrected chi connectivity index (χ0v) is 19.1. The number of ether oxygens (including phenoxy) is 1. The Kier molecular flexibility index (Phi) is 9.21. The summed E-state index contributed by atoms with van der Waals surface area (Å²) < 4.78 is 5.65. The molecule has 2 aliphatic heterocycles. The molecular weight excluding hydrogens is 376 g/mol. The van der Waals surface area contributed by atoms with Crippen LogP contribution in [0.15, 0.2) is 23.3 Å². The third-order valence-electron chi connectivity index (χ3n) is 5.99. The second-order valence-corrected chi connectivity index (χ2v) is 8.51. The van der Waals surface area contributed by atoms with E-state index in [-0.39, 0.29) is 6.10 Å². The van der Waals surface area contributed by atoms with E-state index in [0.717, 1.165) is 57.0 Å². The van der Waals surface area contributed by atoms with E-state index in [4.69, 9.17) is 9.73 Å². The molecule has 0 amide bonds. The summed E-state index contributed by atoms with van der Waals surface area (Å²) in [6, 6.07) is 4.94. The molecule has 7 heteroatoms. The highest BCUT2D eigenvalue weighted by molar-refractivity contribution is 5.79. The number of aliphatic imine (C=N–C) groups is 1. The van der Waals surface area contributed by atoms with Crippen molar-refractivity contribution in [2.24, 2.45) is 4.99 Å². The molecule has 0 spiro atoms. The van der Waals surface area contributed by atoms with Crippen LogP contribution in [0.1, 0.15) is 52.0 Å². The zero-order chi connectivity index (χ0) is 21.2. The number of pyridine rings is 1. The van der Waals surface area contributed by atoms with Gasteiger partial charge in [0.2, 0.25) is 0 Å². The van der Waals surface area contributed by atoms with Crippen LogP contribution in [-0.2, 0) is 11.3 Å². The Morgan fingerprint density at radius 2 is 2.17 bits per heavy atom. The average molecular weight is 417 g/mol. The number of likely N-dealkylation sites (tertiary alicyclic amines) is 1. The van der Waals surface area contributed by atoms with Gasteiger partial charge >= 0.3 is 0 Å². The van der Waals surface area contributed by atoms with Crippen LogP contribution in [0, 0.1) is 0 Å². The minimum Gasteiger partial charge on any atom is -0.375 e. The highest BCUT2D eigenvalue weighted by atomic mass is 16.5. The maximum atomic E-state index is 5.65. The van der Waals surface area contributed by atoms with E-state index in [1.165, 1.54) is 37.9 Å². The van der Waals surface area contributed by atoms with Crippen molar-refractivity contribution < 1.29 is 4.74 Å². The lowest BCUT2D eigenvalue weighted by molar-refractivity contribution is 0.0529. The number of anilines is 1. The molecule has 3 heterocycles. The summed E-state index contributed by atoms with van der Waals surface area (Å²) in [5, 5.41) is 6.87. The molecule has 1 aromatic heterocycles. The molecule has 2 atom stereocenters. The van der Waals surface area contributed by atoms with Crippen LogP contribution < -0.4 is 15.5 Å². The monoisotopic (exact) mass is 416 g/mol. The summed E-state index contributed by atoms with van der Waals surface area (Å²) in [4.78, 5) is 14.3. The Hall–Kier alpha value is -1.86. The second kappa shape index (κ2) is 12.1. The summed E-state index contributed by atoms with van der Waals surface area (Å²) in [6.07, 6.45) is 7.35. The molecule has 0 aromatic carbocycles. The number of hydrogen-bond acceptors (Lipinski definition) is 5. The van der Waals surface area contributed by atoms with Crippen molar-refractivity contribution in [2.75, 3.05) is 50.8 Å². The fraction of sp³-hybridized carbons (Fsp3) is 0.739. The quantitative estimate of drug-likeness (QED) is 0.386. The predicted molar refractivity (Wildman–Crippen MR) is 124 cm³/mol. The molecule has 2 saturated heterocycles. The summed E-state index contributed by atoms with van der Waals surface area (Å²) in [5.41, 5.74) is 1.18. The SMILES string of the molecule is CCNC(=NCc1ccnc(N2CCOC(C)C2)c1)NCCCN1CCCCC1C. The number of piperidine rings is 1. The second-order valence-electron chi connectivity index (χ2n) is 8.51. The molecule has 0 saturated carbocycles. The van der Waals surface area contributed by atoms with E-state index in [0.29, 0.717) is 6.54 Å². The van der Waals surface area contributed by atoms with Gasteiger partial charge in [0.05, 0.1) is 19.3 Å². The Balaban J connectivity index is 1.48. The van der Waals surface area contributed by atoms with Crippen LogP contribution in [0.3, 0.4) is 0 Å². The van der Waals surface area contributed by atoms with E-state index >= 15 is 0 Å². The first kappa shape index (κ1) is 22.8. The molecule has 1 aromatic rings. The standard InChI is InChI=1S/C23H40N6O/c1-4-24-23(26-10-7-13-28-12-6-5-8-19(28)2)27-17-21-9-11-25-22(16-21)29-14-15-30-20(3)18-29/h9,11,16,19-20H,4-8,10,12-15,17-18H2,1-3H3,(H2,24,26,27). The first-order valence-corrected chi connectivity index (χ1v) is 11.7. The van der Waals surface area contributed by atoms with Gasteiger partial charge in [0.15, 0.2) is 5.96 Å². The highest BCUT2D eigenvalue weighted by Crippen LogP contribution is 2.17. The normalized spacial score (nSPS) is 23.4. The van der Waals surface area contributed by atoms with Crippen molar-refractivity contribution in [1.29, 1.82) is 0 Å². The zero-order valence-electron chi connectivity index (χ0n) is 19.1. The lowest BCUT2D eigenvalue weighted by atomic mass is 10.0. The number of nitrogens with zero attached hydrogens (tertiary/aromatic N) is 4. The number of aromatic nitrogens is 1. The van der Waals surface area contributed by atoms with Gasteiger partial charge in [0, 0.05) is 45.0 Å². The van der Waals surface area contributed by atoms with Gasteiger partial charge in [-0.2, -0.15) is 0 Å². The average Bonchev–Trinajstić information content (AvgIpc) is 2.76. The molecule has 0 bridgehead atoms. The van der Waals surface area contributed by atoms with Crippen LogP contribution in [0.5, 0.6) is 0 Å². The fourth-order valence-corrected chi connectivity index (χ4v) is 4.25.